The number of aromatic nitrogens is 4. The first kappa shape index (κ1) is 33.9. The molecule has 2 atom stereocenters. The summed E-state index contributed by atoms with van der Waals surface area (Å²) in [6.45, 7) is 4.94. The van der Waals surface area contributed by atoms with Crippen LogP contribution in [0, 0.1) is 23.2 Å². The van der Waals surface area contributed by atoms with Gasteiger partial charge in [0.1, 0.15) is 23.1 Å². The van der Waals surface area contributed by atoms with Crippen LogP contribution in [0.4, 0.5) is 23.7 Å². The van der Waals surface area contributed by atoms with Gasteiger partial charge >= 0.3 is 12.2 Å². The maximum atomic E-state index is 14.3. The van der Waals surface area contributed by atoms with Crippen LogP contribution < -0.4 is 16.0 Å². The van der Waals surface area contributed by atoms with Crippen LogP contribution in [0.5, 0.6) is 0 Å². The van der Waals surface area contributed by atoms with Crippen LogP contribution in [0.25, 0.3) is 11.0 Å². The smallest absolute Gasteiger partial charge is 0.339 e. The van der Waals surface area contributed by atoms with Gasteiger partial charge in [-0.2, -0.15) is 18.3 Å². The number of fused-ring (bicyclic) bond motifs is 2. The Morgan fingerprint density at radius 3 is 2.42 bits per heavy atom. The molecule has 5 aliphatic rings. The van der Waals surface area contributed by atoms with Crippen molar-refractivity contribution in [2.24, 2.45) is 23.2 Å². The van der Waals surface area contributed by atoms with Crippen LogP contribution in [-0.4, -0.2) is 61.6 Å². The van der Waals surface area contributed by atoms with E-state index in [4.69, 9.17) is 4.98 Å². The first-order valence-electron chi connectivity index (χ1n) is 18.7. The molecule has 1 spiro atoms. The number of aromatic amines is 1. The van der Waals surface area contributed by atoms with Crippen molar-refractivity contribution in [1.82, 2.24) is 35.3 Å². The summed E-state index contributed by atoms with van der Waals surface area (Å²) < 4.78 is 43.9. The fourth-order valence-electron chi connectivity index (χ4n) is 8.96. The number of hydrogen-bond donors (Lipinski definition) is 4. The Morgan fingerprint density at radius 2 is 1.74 bits per heavy atom. The van der Waals surface area contributed by atoms with Crippen molar-refractivity contribution in [1.29, 1.82) is 0 Å². The number of nitrogens with one attached hydrogen (secondary N) is 4. The molecular formula is C39H43F3N8O3. The molecule has 3 heterocycles. The second kappa shape index (κ2) is 12.1. The molecule has 4 amide bonds. The van der Waals surface area contributed by atoms with Gasteiger partial charge in [-0.1, -0.05) is 12.1 Å². The number of hydrogen-bond acceptors (Lipinski definition) is 5. The van der Waals surface area contributed by atoms with E-state index < -0.39 is 23.3 Å². The Balaban J connectivity index is 1.04. The summed E-state index contributed by atoms with van der Waals surface area (Å²) >= 11 is 0. The van der Waals surface area contributed by atoms with Crippen molar-refractivity contribution in [2.45, 2.75) is 89.0 Å². The number of urea groups is 1. The van der Waals surface area contributed by atoms with Gasteiger partial charge in [0.25, 0.3) is 5.91 Å². The molecular weight excluding hydrogens is 685 g/mol. The summed E-state index contributed by atoms with van der Waals surface area (Å²) in [5.74, 6) is 0.458. The molecule has 0 bridgehead atoms. The monoisotopic (exact) mass is 728 g/mol. The number of carbonyl (C=O) groups is 3. The molecule has 0 radical (unpaired) electrons. The molecule has 9 rings (SSSR count). The van der Waals surface area contributed by atoms with Gasteiger partial charge in [-0.05, 0) is 112 Å². The zero-order valence-electron chi connectivity index (χ0n) is 29.7. The van der Waals surface area contributed by atoms with Gasteiger partial charge in [-0.3, -0.25) is 14.3 Å². The van der Waals surface area contributed by atoms with Gasteiger partial charge in [-0.25, -0.2) is 9.78 Å². The quantitative estimate of drug-likeness (QED) is 0.151. The topological polar surface area (TPSA) is 137 Å². The molecule has 4 N–H and O–H groups in total. The number of rotatable bonds is 10. The molecule has 278 valence electrons. The summed E-state index contributed by atoms with van der Waals surface area (Å²) in [5, 5.41) is 13.6. The molecule has 2 aromatic carbocycles. The lowest BCUT2D eigenvalue weighted by Crippen LogP contribution is -2.61. The number of carbonyl (C=O) groups excluding carboxylic acids is 3. The lowest BCUT2D eigenvalue weighted by Gasteiger charge is -2.45. The minimum atomic E-state index is -4.59. The molecule has 4 aromatic rings. The van der Waals surface area contributed by atoms with Crippen molar-refractivity contribution in [2.75, 3.05) is 18.4 Å². The average Bonchev–Trinajstić information content (AvgIpc) is 4.09. The van der Waals surface area contributed by atoms with Crippen molar-refractivity contribution in [3.63, 3.8) is 0 Å². The number of H-pyrrole nitrogens is 1. The summed E-state index contributed by atoms with van der Waals surface area (Å²) in [7, 11) is 0. The first-order chi connectivity index (χ1) is 25.3. The fourth-order valence-corrected chi connectivity index (χ4v) is 8.96. The third-order valence-electron chi connectivity index (χ3n) is 12.2. The third-order valence-corrected chi connectivity index (χ3v) is 12.2. The van der Waals surface area contributed by atoms with Gasteiger partial charge in [0.15, 0.2) is 0 Å². The number of benzene rings is 2. The van der Waals surface area contributed by atoms with Crippen molar-refractivity contribution in [3.8, 4) is 0 Å². The largest absolute Gasteiger partial charge is 0.418 e. The number of nitrogens with zero attached hydrogens (tertiary/aromatic N) is 4. The van der Waals surface area contributed by atoms with E-state index in [1.807, 2.05) is 32.0 Å². The maximum Gasteiger partial charge on any atom is 0.418 e. The van der Waals surface area contributed by atoms with Crippen LogP contribution in [0.1, 0.15) is 91.4 Å². The van der Waals surface area contributed by atoms with E-state index in [2.05, 4.69) is 26.0 Å². The zero-order chi connectivity index (χ0) is 36.9. The van der Waals surface area contributed by atoms with Gasteiger partial charge in [0.05, 0.1) is 16.6 Å². The number of amides is 4. The molecule has 4 fully saturated rings. The molecule has 14 heteroatoms. The van der Waals surface area contributed by atoms with Gasteiger partial charge in [0.2, 0.25) is 5.91 Å². The van der Waals surface area contributed by atoms with Crippen LogP contribution >= 0.6 is 0 Å². The van der Waals surface area contributed by atoms with Crippen molar-refractivity contribution < 1.29 is 27.6 Å². The van der Waals surface area contributed by atoms with Crippen molar-refractivity contribution >= 4 is 34.6 Å². The standard InChI is InChI=1S/C39H43F3N8O3/c1-21(2)50-29(12-15-44-50)33(51)47-32(30(22-6-7-22)23-8-9-23)34(52)45-26-11-10-24-17-38(18-25(24)16-26,49-20-37(13-14-37)19-43-36(49)53)35-46-28-5-3-4-27(31(28)48-35)39(40,41)42/h3-5,10-12,15-16,21-23,30,32H,6-9,13-14,17-20H2,1-2H3,(H,43,53)(H,45,52)(H,46,48)(H,47,51)/t32-,38?/m0/s1. The van der Waals surface area contributed by atoms with Crippen LogP contribution in [-0.2, 0) is 29.4 Å². The second-order valence-corrected chi connectivity index (χ2v) is 16.3. The lowest BCUT2D eigenvalue weighted by molar-refractivity contribution is -0.136. The number of alkyl halides is 3. The van der Waals surface area contributed by atoms with E-state index in [1.54, 1.807) is 27.9 Å². The highest BCUT2D eigenvalue weighted by Crippen LogP contribution is 2.53. The fraction of sp³-hybridized carbons (Fsp3) is 0.513. The zero-order valence-corrected chi connectivity index (χ0v) is 29.7. The Kier molecular flexibility index (Phi) is 7.73. The normalized spacial score (nSPS) is 22.7. The van der Waals surface area contributed by atoms with Gasteiger partial charge < -0.3 is 25.8 Å². The summed E-state index contributed by atoms with van der Waals surface area (Å²) in [6.07, 6.45) is 3.68. The van der Waals surface area contributed by atoms with E-state index >= 15 is 0 Å². The van der Waals surface area contributed by atoms with Crippen molar-refractivity contribution in [3.05, 3.63) is 76.9 Å². The summed E-state index contributed by atoms with van der Waals surface area (Å²) in [5.41, 5.74) is 0.858. The van der Waals surface area contributed by atoms with E-state index in [0.717, 1.165) is 55.7 Å². The molecule has 53 heavy (non-hydrogen) atoms. The third kappa shape index (κ3) is 6.03. The number of para-hydroxylation sites is 1. The molecule has 1 saturated heterocycles. The Hall–Kier alpha value is -4.88. The molecule has 11 nitrogen and oxygen atoms in total. The molecule has 4 aliphatic carbocycles. The van der Waals surface area contributed by atoms with E-state index in [9.17, 15) is 27.6 Å². The number of imidazole rings is 1. The minimum Gasteiger partial charge on any atom is -0.339 e. The average molecular weight is 729 g/mol. The van der Waals surface area contributed by atoms with Gasteiger partial charge in [-0.15, -0.1) is 0 Å². The summed E-state index contributed by atoms with van der Waals surface area (Å²) in [4.78, 5) is 51.1. The Labute approximate surface area is 304 Å². The highest BCUT2D eigenvalue weighted by Gasteiger charge is 2.56. The van der Waals surface area contributed by atoms with E-state index in [1.165, 1.54) is 6.07 Å². The second-order valence-electron chi connectivity index (χ2n) is 16.3. The highest BCUT2D eigenvalue weighted by molar-refractivity contribution is 6.01. The Bertz CT molecular complexity index is 2120. The SMILES string of the molecule is CC(C)n1nccc1C(=O)N[C@H](C(=O)Nc1ccc2c(c1)CC(c1nc3cccc(C(F)(F)F)c3[nH]1)(N1CC3(CC3)CNC1=O)C2)C(C1CC1)C1CC1. The summed E-state index contributed by atoms with van der Waals surface area (Å²) in [6, 6.07) is 10.2. The van der Waals surface area contributed by atoms with Crippen LogP contribution in [0.2, 0.25) is 0 Å². The first-order valence-corrected chi connectivity index (χ1v) is 18.7. The number of halogens is 3. The highest BCUT2D eigenvalue weighted by atomic mass is 19.4. The van der Waals surface area contributed by atoms with E-state index in [0.29, 0.717) is 55.0 Å². The van der Waals surface area contributed by atoms with Gasteiger partial charge in [0, 0.05) is 49.3 Å². The molecule has 1 unspecified atom stereocenters. The molecule has 2 aromatic heterocycles. The van der Waals surface area contributed by atoms with Crippen LogP contribution in [0.15, 0.2) is 48.7 Å². The molecule has 3 saturated carbocycles. The number of anilines is 1. The Morgan fingerprint density at radius 1 is 1.00 bits per heavy atom. The van der Waals surface area contributed by atoms with E-state index in [-0.39, 0.29) is 46.3 Å². The predicted octanol–water partition coefficient (Wildman–Crippen LogP) is 6.33. The maximum absolute atomic E-state index is 14.3. The predicted molar refractivity (Wildman–Crippen MR) is 190 cm³/mol. The minimum absolute atomic E-state index is 0.0264. The van der Waals surface area contributed by atoms with Crippen LogP contribution in [0.3, 0.4) is 0 Å². The lowest BCUT2D eigenvalue weighted by atomic mass is 9.88. The molecule has 1 aliphatic heterocycles.